The van der Waals surface area contributed by atoms with Gasteiger partial charge in [-0.05, 0) is 24.3 Å². The molecule has 10 heteroatoms. The summed E-state index contributed by atoms with van der Waals surface area (Å²) in [6.45, 7) is 0.0196. The number of nitrogens with zero attached hydrogens (tertiary/aromatic N) is 2. The molecular formula is C18H13ClF4N4O. The number of para-hydroxylation sites is 1. The Kier molecular flexibility index (Phi) is 5.55. The normalized spacial score (nSPS) is 11.3. The van der Waals surface area contributed by atoms with Gasteiger partial charge >= 0.3 is 12.2 Å². The highest BCUT2D eigenvalue weighted by molar-refractivity contribution is 6.31. The summed E-state index contributed by atoms with van der Waals surface area (Å²) in [5, 5.41) is 8.74. The van der Waals surface area contributed by atoms with Gasteiger partial charge in [-0.25, -0.2) is 9.18 Å². The minimum atomic E-state index is -4.60. The number of carbonyl (C=O) groups excluding carboxylic acids is 1. The molecule has 0 aliphatic rings. The topological polar surface area (TPSA) is 59.0 Å². The highest BCUT2D eigenvalue weighted by Gasteiger charge is 2.33. The van der Waals surface area contributed by atoms with Gasteiger partial charge in [0.2, 0.25) is 0 Å². The number of alkyl halides is 3. The number of aromatic nitrogens is 2. The van der Waals surface area contributed by atoms with E-state index in [1.165, 1.54) is 47.4 Å². The Balaban J connectivity index is 1.68. The summed E-state index contributed by atoms with van der Waals surface area (Å²) in [4.78, 5) is 12.0. The van der Waals surface area contributed by atoms with E-state index in [0.29, 0.717) is 0 Å². The Bertz CT molecular complexity index is 983. The monoisotopic (exact) mass is 412 g/mol. The van der Waals surface area contributed by atoms with Gasteiger partial charge in [-0.3, -0.25) is 4.68 Å². The zero-order valence-corrected chi connectivity index (χ0v) is 14.9. The minimum Gasteiger partial charge on any atom is -0.307 e. The smallest absolute Gasteiger partial charge is 0.307 e. The summed E-state index contributed by atoms with van der Waals surface area (Å²) in [6, 6.07) is 8.01. The van der Waals surface area contributed by atoms with Crippen molar-refractivity contribution in [2.75, 3.05) is 10.6 Å². The summed E-state index contributed by atoms with van der Waals surface area (Å²) in [5.41, 5.74) is -0.898. The first kappa shape index (κ1) is 19.7. The SMILES string of the molecule is O=C(Nc1cnn(Cc2c(F)cccc2Cl)c1)Nc1ccccc1C(F)(F)F. The molecule has 2 amide bonds. The first-order chi connectivity index (χ1) is 13.2. The fraction of sp³-hybridized carbons (Fsp3) is 0.111. The predicted octanol–water partition coefficient (Wildman–Crippen LogP) is 5.39. The molecule has 0 aliphatic heterocycles. The molecule has 1 aromatic heterocycles. The number of urea groups is 1. The molecule has 0 spiro atoms. The van der Waals surface area contributed by atoms with Crippen LogP contribution in [0.15, 0.2) is 54.9 Å². The van der Waals surface area contributed by atoms with Crippen LogP contribution in [0, 0.1) is 5.82 Å². The van der Waals surface area contributed by atoms with Crippen LogP contribution in [0.4, 0.5) is 33.7 Å². The van der Waals surface area contributed by atoms with Crippen molar-refractivity contribution in [2.24, 2.45) is 0 Å². The Morgan fingerprint density at radius 2 is 1.86 bits per heavy atom. The number of carbonyl (C=O) groups is 1. The molecule has 28 heavy (non-hydrogen) atoms. The van der Waals surface area contributed by atoms with Crippen LogP contribution >= 0.6 is 11.6 Å². The number of rotatable bonds is 4. The van der Waals surface area contributed by atoms with E-state index in [1.54, 1.807) is 0 Å². The molecule has 5 nitrogen and oxygen atoms in total. The van der Waals surface area contributed by atoms with Gasteiger partial charge < -0.3 is 10.6 Å². The quantitative estimate of drug-likeness (QED) is 0.565. The average molecular weight is 413 g/mol. The Labute approximate surface area is 161 Å². The lowest BCUT2D eigenvalue weighted by Crippen LogP contribution is -2.21. The van der Waals surface area contributed by atoms with Gasteiger partial charge in [0.15, 0.2) is 0 Å². The number of nitrogens with one attached hydrogen (secondary N) is 2. The highest BCUT2D eigenvalue weighted by Crippen LogP contribution is 2.34. The second-order valence-corrected chi connectivity index (χ2v) is 6.16. The van der Waals surface area contributed by atoms with Gasteiger partial charge in [-0.2, -0.15) is 18.3 Å². The van der Waals surface area contributed by atoms with Crippen molar-refractivity contribution in [1.82, 2.24) is 9.78 Å². The summed E-state index contributed by atoms with van der Waals surface area (Å²) < 4.78 is 54.1. The van der Waals surface area contributed by atoms with Gasteiger partial charge in [0, 0.05) is 16.8 Å². The summed E-state index contributed by atoms with van der Waals surface area (Å²) in [7, 11) is 0. The maximum atomic E-state index is 13.8. The van der Waals surface area contributed by atoms with Crippen LogP contribution in [0.2, 0.25) is 5.02 Å². The van der Waals surface area contributed by atoms with E-state index in [-0.39, 0.29) is 28.5 Å². The molecule has 2 N–H and O–H groups in total. The summed E-state index contributed by atoms with van der Waals surface area (Å²) in [5.74, 6) is -0.501. The van der Waals surface area contributed by atoms with Crippen molar-refractivity contribution in [1.29, 1.82) is 0 Å². The summed E-state index contributed by atoms with van der Waals surface area (Å²) in [6.07, 6.45) is -1.92. The van der Waals surface area contributed by atoms with Crippen LogP contribution in [-0.2, 0) is 12.7 Å². The second-order valence-electron chi connectivity index (χ2n) is 5.75. The molecule has 1 heterocycles. The van der Waals surface area contributed by atoms with E-state index in [9.17, 15) is 22.4 Å². The zero-order chi connectivity index (χ0) is 20.3. The number of halogens is 5. The fourth-order valence-corrected chi connectivity index (χ4v) is 2.71. The predicted molar refractivity (Wildman–Crippen MR) is 96.8 cm³/mol. The molecule has 0 fully saturated rings. The lowest BCUT2D eigenvalue weighted by atomic mass is 10.1. The van der Waals surface area contributed by atoms with Gasteiger partial charge in [-0.1, -0.05) is 29.8 Å². The number of amides is 2. The molecular weight excluding hydrogens is 400 g/mol. The van der Waals surface area contributed by atoms with E-state index >= 15 is 0 Å². The van der Waals surface area contributed by atoms with Gasteiger partial charge in [0.25, 0.3) is 0 Å². The fourth-order valence-electron chi connectivity index (χ4n) is 2.48. The molecule has 0 unspecified atom stereocenters. The van der Waals surface area contributed by atoms with Crippen molar-refractivity contribution in [3.63, 3.8) is 0 Å². The molecule has 0 bridgehead atoms. The van der Waals surface area contributed by atoms with E-state index in [2.05, 4.69) is 15.7 Å². The van der Waals surface area contributed by atoms with Crippen LogP contribution in [-0.4, -0.2) is 15.8 Å². The third-order valence-corrected chi connectivity index (χ3v) is 4.11. The Morgan fingerprint density at radius 1 is 1.11 bits per heavy atom. The van der Waals surface area contributed by atoms with Crippen LogP contribution < -0.4 is 10.6 Å². The first-order valence-corrected chi connectivity index (χ1v) is 8.31. The Morgan fingerprint density at radius 3 is 2.57 bits per heavy atom. The standard InChI is InChI=1S/C18H13ClF4N4O/c19-14-5-3-6-15(20)12(14)10-27-9-11(8-24-27)25-17(28)26-16-7-2-1-4-13(16)18(21,22)23/h1-9H,10H2,(H2,25,26,28). The molecule has 0 radical (unpaired) electrons. The van der Waals surface area contributed by atoms with Crippen LogP contribution in [0.1, 0.15) is 11.1 Å². The van der Waals surface area contributed by atoms with Gasteiger partial charge in [0.1, 0.15) is 5.82 Å². The van der Waals surface area contributed by atoms with Crippen LogP contribution in [0.3, 0.4) is 0 Å². The van der Waals surface area contributed by atoms with E-state index in [0.717, 1.165) is 12.1 Å². The molecule has 0 saturated carbocycles. The third kappa shape index (κ3) is 4.61. The third-order valence-electron chi connectivity index (χ3n) is 3.75. The van der Waals surface area contributed by atoms with Gasteiger partial charge in [-0.15, -0.1) is 0 Å². The molecule has 2 aromatic carbocycles. The van der Waals surface area contributed by atoms with Crippen LogP contribution in [0.5, 0.6) is 0 Å². The second kappa shape index (κ2) is 7.89. The van der Waals surface area contributed by atoms with Crippen molar-refractivity contribution < 1.29 is 22.4 Å². The maximum Gasteiger partial charge on any atom is 0.418 e. The van der Waals surface area contributed by atoms with Crippen molar-refractivity contribution in [3.05, 3.63) is 76.8 Å². The maximum absolute atomic E-state index is 13.8. The lowest BCUT2D eigenvalue weighted by molar-refractivity contribution is -0.136. The molecule has 0 saturated heterocycles. The Hall–Kier alpha value is -3.07. The van der Waals surface area contributed by atoms with Gasteiger partial charge in [0.05, 0.1) is 29.7 Å². The number of hydrogen-bond donors (Lipinski definition) is 2. The lowest BCUT2D eigenvalue weighted by Gasteiger charge is -2.13. The largest absolute Gasteiger partial charge is 0.418 e. The highest BCUT2D eigenvalue weighted by atomic mass is 35.5. The molecule has 0 aliphatic carbocycles. The molecule has 3 aromatic rings. The number of benzene rings is 2. The zero-order valence-electron chi connectivity index (χ0n) is 14.1. The van der Waals surface area contributed by atoms with Crippen molar-refractivity contribution in [3.8, 4) is 0 Å². The van der Waals surface area contributed by atoms with Crippen molar-refractivity contribution in [2.45, 2.75) is 12.7 Å². The van der Waals surface area contributed by atoms with Crippen molar-refractivity contribution >= 4 is 29.0 Å². The average Bonchev–Trinajstić information content (AvgIpc) is 3.04. The minimum absolute atomic E-state index is 0.0196. The van der Waals surface area contributed by atoms with E-state index < -0.39 is 23.6 Å². The first-order valence-electron chi connectivity index (χ1n) is 7.93. The number of anilines is 2. The molecule has 0 atom stereocenters. The van der Waals surface area contributed by atoms with E-state index in [4.69, 9.17) is 11.6 Å². The van der Waals surface area contributed by atoms with E-state index in [1.807, 2.05) is 0 Å². The van der Waals surface area contributed by atoms with Crippen LogP contribution in [0.25, 0.3) is 0 Å². The molecule has 3 rings (SSSR count). The molecule has 146 valence electrons. The number of hydrogen-bond acceptors (Lipinski definition) is 2. The summed E-state index contributed by atoms with van der Waals surface area (Å²) >= 11 is 5.96.